The maximum atomic E-state index is 13.1. The third kappa shape index (κ3) is 5.24. The van der Waals surface area contributed by atoms with Crippen molar-refractivity contribution in [2.24, 2.45) is 0 Å². The molecule has 3 rings (SSSR count). The standard InChI is InChI=1S/C19H29N3O4S.ClH/c1-14-7-8-16(21-19(23)18-15(2)26-12-9-20-18)13-17(14)27(24,25)22-10-5-3-4-6-11-22;/h7-8,13,15,18,20H,3-6,9-12H2,1-2H3,(H,21,23);1H/t15-,18+;/m1./s1. The van der Waals surface area contributed by atoms with Gasteiger partial charge in [-0.2, -0.15) is 4.31 Å². The molecule has 9 heteroatoms. The van der Waals surface area contributed by atoms with Crippen molar-refractivity contribution in [3.63, 3.8) is 0 Å². The van der Waals surface area contributed by atoms with Crippen LogP contribution in [0.15, 0.2) is 23.1 Å². The summed E-state index contributed by atoms with van der Waals surface area (Å²) in [5.41, 5.74) is 1.17. The number of benzene rings is 1. The molecular weight excluding hydrogens is 402 g/mol. The van der Waals surface area contributed by atoms with Crippen molar-refractivity contribution in [1.29, 1.82) is 0 Å². The maximum absolute atomic E-state index is 13.1. The molecular formula is C19H30ClN3O4S. The number of hydrogen-bond acceptors (Lipinski definition) is 5. The van der Waals surface area contributed by atoms with Crippen LogP contribution in [0.1, 0.15) is 38.2 Å². The monoisotopic (exact) mass is 431 g/mol. The lowest BCUT2D eigenvalue weighted by molar-refractivity contribution is -0.123. The van der Waals surface area contributed by atoms with Gasteiger partial charge in [-0.15, -0.1) is 12.4 Å². The van der Waals surface area contributed by atoms with Crippen LogP contribution in [0.25, 0.3) is 0 Å². The fraction of sp³-hybridized carbons (Fsp3) is 0.632. The summed E-state index contributed by atoms with van der Waals surface area (Å²) in [6.45, 7) is 5.94. The van der Waals surface area contributed by atoms with Crippen LogP contribution < -0.4 is 10.6 Å². The van der Waals surface area contributed by atoms with Crippen molar-refractivity contribution in [3.05, 3.63) is 23.8 Å². The molecule has 158 valence electrons. The Bertz CT molecular complexity index is 779. The zero-order valence-corrected chi connectivity index (χ0v) is 18.1. The van der Waals surface area contributed by atoms with Crippen LogP contribution in [0.5, 0.6) is 0 Å². The van der Waals surface area contributed by atoms with Crippen molar-refractivity contribution >= 4 is 34.0 Å². The predicted octanol–water partition coefficient (Wildman–Crippen LogP) is 2.30. The zero-order valence-electron chi connectivity index (χ0n) is 16.4. The third-order valence-corrected chi connectivity index (χ3v) is 7.28. The average molecular weight is 432 g/mol. The Balaban J connectivity index is 0.00000280. The lowest BCUT2D eigenvalue weighted by Crippen LogP contribution is -2.53. The minimum Gasteiger partial charge on any atom is -0.375 e. The molecule has 0 spiro atoms. The zero-order chi connectivity index (χ0) is 19.4. The van der Waals surface area contributed by atoms with Gasteiger partial charge in [0.15, 0.2) is 0 Å². The van der Waals surface area contributed by atoms with Gasteiger partial charge in [0, 0.05) is 25.3 Å². The number of anilines is 1. The molecule has 0 unspecified atom stereocenters. The molecule has 1 amide bonds. The van der Waals surface area contributed by atoms with Crippen LogP contribution in [0.4, 0.5) is 5.69 Å². The number of nitrogens with zero attached hydrogens (tertiary/aromatic N) is 1. The molecule has 2 aliphatic rings. The van der Waals surface area contributed by atoms with E-state index in [0.29, 0.717) is 37.5 Å². The van der Waals surface area contributed by atoms with E-state index < -0.39 is 16.1 Å². The molecule has 0 aliphatic carbocycles. The first-order valence-electron chi connectivity index (χ1n) is 9.66. The topological polar surface area (TPSA) is 87.7 Å². The number of ether oxygens (including phenoxy) is 1. The van der Waals surface area contributed by atoms with E-state index in [1.54, 1.807) is 29.4 Å². The summed E-state index contributed by atoms with van der Waals surface area (Å²) in [6.07, 6.45) is 3.68. The first kappa shape index (κ1) is 23.1. The van der Waals surface area contributed by atoms with E-state index in [1.807, 2.05) is 6.92 Å². The number of morpholine rings is 1. The minimum atomic E-state index is -3.57. The summed E-state index contributed by atoms with van der Waals surface area (Å²) in [7, 11) is -3.57. The smallest absolute Gasteiger partial charge is 0.244 e. The highest BCUT2D eigenvalue weighted by Crippen LogP contribution is 2.26. The number of sulfonamides is 1. The summed E-state index contributed by atoms with van der Waals surface area (Å²) in [5.74, 6) is -0.218. The summed E-state index contributed by atoms with van der Waals surface area (Å²) in [4.78, 5) is 12.8. The Kier molecular flexibility index (Phi) is 8.27. The van der Waals surface area contributed by atoms with Gasteiger partial charge in [0.05, 0.1) is 17.6 Å². The van der Waals surface area contributed by atoms with Gasteiger partial charge < -0.3 is 15.4 Å². The van der Waals surface area contributed by atoms with Crippen LogP contribution in [-0.2, 0) is 19.6 Å². The molecule has 0 aromatic heterocycles. The highest BCUT2D eigenvalue weighted by atomic mass is 35.5. The van der Waals surface area contributed by atoms with Crippen molar-refractivity contribution in [1.82, 2.24) is 9.62 Å². The van der Waals surface area contributed by atoms with Crippen LogP contribution in [0, 0.1) is 6.92 Å². The summed E-state index contributed by atoms with van der Waals surface area (Å²) < 4.78 is 33.4. The Morgan fingerprint density at radius 3 is 2.54 bits per heavy atom. The van der Waals surface area contributed by atoms with Crippen molar-refractivity contribution in [2.45, 2.75) is 56.6 Å². The lowest BCUT2D eigenvalue weighted by Gasteiger charge is -2.29. The number of aryl methyl sites for hydroxylation is 1. The molecule has 7 nitrogen and oxygen atoms in total. The average Bonchev–Trinajstić information content (AvgIpc) is 2.93. The largest absolute Gasteiger partial charge is 0.375 e. The van der Waals surface area contributed by atoms with Crippen molar-refractivity contribution in [3.8, 4) is 0 Å². The van der Waals surface area contributed by atoms with Gasteiger partial charge >= 0.3 is 0 Å². The van der Waals surface area contributed by atoms with E-state index in [-0.39, 0.29) is 29.3 Å². The minimum absolute atomic E-state index is 0. The number of amides is 1. The SMILES string of the molecule is Cc1ccc(NC(=O)[C@H]2NCCO[C@@H]2C)cc1S(=O)(=O)N1CCCCCC1.Cl. The van der Waals surface area contributed by atoms with Crippen molar-refractivity contribution < 1.29 is 17.9 Å². The molecule has 2 atom stereocenters. The van der Waals surface area contributed by atoms with Gasteiger partial charge in [-0.25, -0.2) is 8.42 Å². The number of halogens is 1. The van der Waals surface area contributed by atoms with E-state index in [9.17, 15) is 13.2 Å². The number of nitrogens with one attached hydrogen (secondary N) is 2. The molecule has 1 aromatic rings. The highest BCUT2D eigenvalue weighted by Gasteiger charge is 2.30. The fourth-order valence-corrected chi connectivity index (χ4v) is 5.39. The second-order valence-corrected chi connectivity index (χ2v) is 9.20. The molecule has 1 aromatic carbocycles. The quantitative estimate of drug-likeness (QED) is 0.763. The van der Waals surface area contributed by atoms with Crippen LogP contribution in [0.2, 0.25) is 0 Å². The third-order valence-electron chi connectivity index (χ3n) is 5.24. The van der Waals surface area contributed by atoms with E-state index in [1.165, 1.54) is 0 Å². The van der Waals surface area contributed by atoms with Crippen LogP contribution in [0.3, 0.4) is 0 Å². The number of carbonyl (C=O) groups excluding carboxylic acids is 1. The Morgan fingerprint density at radius 2 is 1.89 bits per heavy atom. The van der Waals surface area contributed by atoms with Crippen molar-refractivity contribution in [2.75, 3.05) is 31.6 Å². The van der Waals surface area contributed by atoms with E-state index in [0.717, 1.165) is 25.7 Å². The summed E-state index contributed by atoms with van der Waals surface area (Å²) in [6, 6.07) is 4.60. The van der Waals surface area contributed by atoms with Gasteiger partial charge in [-0.1, -0.05) is 18.9 Å². The maximum Gasteiger partial charge on any atom is 0.244 e. The van der Waals surface area contributed by atoms with Gasteiger partial charge in [-0.05, 0) is 44.4 Å². The Labute approximate surface area is 173 Å². The normalized spacial score (nSPS) is 24.1. The Hall–Kier alpha value is -1.19. The first-order valence-corrected chi connectivity index (χ1v) is 11.1. The molecule has 2 heterocycles. The second kappa shape index (κ2) is 10.0. The molecule has 2 saturated heterocycles. The molecule has 0 saturated carbocycles. The lowest BCUT2D eigenvalue weighted by atomic mass is 10.1. The number of rotatable bonds is 4. The van der Waals surface area contributed by atoms with E-state index in [4.69, 9.17) is 4.74 Å². The van der Waals surface area contributed by atoms with Crippen LogP contribution >= 0.6 is 12.4 Å². The molecule has 28 heavy (non-hydrogen) atoms. The molecule has 2 aliphatic heterocycles. The first-order chi connectivity index (χ1) is 12.9. The molecule has 2 N–H and O–H groups in total. The predicted molar refractivity (Wildman–Crippen MR) is 111 cm³/mol. The molecule has 0 radical (unpaired) electrons. The summed E-state index contributed by atoms with van der Waals surface area (Å²) >= 11 is 0. The van der Waals surface area contributed by atoms with Gasteiger partial charge in [0.25, 0.3) is 0 Å². The van der Waals surface area contributed by atoms with Crippen LogP contribution in [-0.4, -0.2) is 57.0 Å². The Morgan fingerprint density at radius 1 is 1.21 bits per heavy atom. The molecule has 0 bridgehead atoms. The van der Waals surface area contributed by atoms with Gasteiger partial charge in [0.2, 0.25) is 15.9 Å². The van der Waals surface area contributed by atoms with E-state index >= 15 is 0 Å². The number of carbonyl (C=O) groups is 1. The number of hydrogen-bond donors (Lipinski definition) is 2. The highest BCUT2D eigenvalue weighted by molar-refractivity contribution is 7.89. The van der Waals surface area contributed by atoms with Gasteiger partial charge in [-0.3, -0.25) is 4.79 Å². The second-order valence-electron chi connectivity index (χ2n) is 7.30. The fourth-order valence-electron chi connectivity index (χ4n) is 3.62. The van der Waals surface area contributed by atoms with E-state index in [2.05, 4.69) is 10.6 Å². The summed E-state index contributed by atoms with van der Waals surface area (Å²) in [5, 5.41) is 5.97. The molecule has 2 fully saturated rings. The van der Waals surface area contributed by atoms with Gasteiger partial charge in [0.1, 0.15) is 6.04 Å².